The Morgan fingerprint density at radius 3 is 2.92 bits per heavy atom. The van der Waals surface area contributed by atoms with Crippen molar-refractivity contribution >= 4 is 17.4 Å². The quantitative estimate of drug-likeness (QED) is 0.565. The van der Waals surface area contributed by atoms with Gasteiger partial charge in [-0.05, 0) is 12.0 Å². The number of nitrogens with zero attached hydrogens (tertiary/aromatic N) is 2. The number of amides is 2. The third-order valence-electron chi connectivity index (χ3n) is 3.98. The fourth-order valence-electron chi connectivity index (χ4n) is 2.87. The molecule has 1 heterocycles. The second-order valence-corrected chi connectivity index (χ2v) is 6.62. The zero-order chi connectivity index (χ0) is 19.1. The van der Waals surface area contributed by atoms with Gasteiger partial charge < -0.3 is 20.1 Å². The number of benzene rings is 1. The molecule has 0 radical (unpaired) electrons. The summed E-state index contributed by atoms with van der Waals surface area (Å²) < 4.78 is 10.8. The normalized spacial score (nSPS) is 17.8. The van der Waals surface area contributed by atoms with E-state index in [1.54, 1.807) is 0 Å². The molecule has 144 valence electrons. The minimum atomic E-state index is -0.526. The minimum Gasteiger partial charge on any atom is -0.495 e. The van der Waals surface area contributed by atoms with Crippen molar-refractivity contribution < 1.29 is 19.2 Å². The SMILES string of the molecule is COc1ccc([N+](=O)[O-])cc1NC(=O)NCC1CN(CC(C)C)CCO1. The molecule has 2 N–H and O–H groups in total. The van der Waals surface area contributed by atoms with Crippen molar-refractivity contribution in [3.8, 4) is 5.75 Å². The van der Waals surface area contributed by atoms with Crippen LogP contribution in [0.1, 0.15) is 13.8 Å². The number of nitro benzene ring substituents is 1. The number of carbonyl (C=O) groups excluding carboxylic acids is 1. The molecular formula is C17H26N4O5. The molecule has 0 bridgehead atoms. The number of non-ortho nitro benzene ring substituents is 1. The molecule has 1 aliphatic rings. The summed E-state index contributed by atoms with van der Waals surface area (Å²) in [6, 6.07) is 3.57. The highest BCUT2D eigenvalue weighted by Crippen LogP contribution is 2.28. The summed E-state index contributed by atoms with van der Waals surface area (Å²) in [5.74, 6) is 0.925. The lowest BCUT2D eigenvalue weighted by molar-refractivity contribution is -0.384. The van der Waals surface area contributed by atoms with Gasteiger partial charge in [-0.2, -0.15) is 0 Å². The van der Waals surface area contributed by atoms with Crippen LogP contribution in [0.2, 0.25) is 0 Å². The molecular weight excluding hydrogens is 340 g/mol. The third kappa shape index (κ3) is 5.85. The smallest absolute Gasteiger partial charge is 0.319 e. The zero-order valence-electron chi connectivity index (χ0n) is 15.4. The van der Waals surface area contributed by atoms with Gasteiger partial charge in [-0.15, -0.1) is 0 Å². The molecule has 9 nitrogen and oxygen atoms in total. The van der Waals surface area contributed by atoms with Crippen LogP contribution >= 0.6 is 0 Å². The lowest BCUT2D eigenvalue weighted by atomic mass is 10.2. The molecule has 0 spiro atoms. The number of morpholine rings is 1. The Bertz CT molecular complexity index is 638. The van der Waals surface area contributed by atoms with Crippen molar-refractivity contribution in [3.05, 3.63) is 28.3 Å². The number of hydrogen-bond acceptors (Lipinski definition) is 6. The Morgan fingerprint density at radius 2 is 2.27 bits per heavy atom. The summed E-state index contributed by atoms with van der Waals surface area (Å²) in [4.78, 5) is 24.8. The number of carbonyl (C=O) groups is 1. The summed E-state index contributed by atoms with van der Waals surface area (Å²) in [7, 11) is 1.43. The van der Waals surface area contributed by atoms with E-state index in [-0.39, 0.29) is 17.5 Å². The van der Waals surface area contributed by atoms with Crippen LogP contribution in [0.3, 0.4) is 0 Å². The number of nitro groups is 1. The second kappa shape index (κ2) is 9.35. The molecule has 1 fully saturated rings. The largest absolute Gasteiger partial charge is 0.495 e. The molecule has 0 aliphatic carbocycles. The highest BCUT2D eigenvalue weighted by molar-refractivity contribution is 5.91. The van der Waals surface area contributed by atoms with Crippen LogP contribution in [-0.4, -0.2) is 61.9 Å². The van der Waals surface area contributed by atoms with Crippen LogP contribution in [0, 0.1) is 16.0 Å². The maximum absolute atomic E-state index is 12.1. The van der Waals surface area contributed by atoms with E-state index in [4.69, 9.17) is 9.47 Å². The zero-order valence-corrected chi connectivity index (χ0v) is 15.4. The van der Waals surface area contributed by atoms with Crippen molar-refractivity contribution in [2.45, 2.75) is 20.0 Å². The molecule has 1 atom stereocenters. The van der Waals surface area contributed by atoms with Gasteiger partial charge in [-0.3, -0.25) is 15.0 Å². The van der Waals surface area contributed by atoms with E-state index in [0.29, 0.717) is 24.8 Å². The number of hydrogen-bond donors (Lipinski definition) is 2. The van der Waals surface area contributed by atoms with Crippen molar-refractivity contribution in [2.75, 3.05) is 45.2 Å². The van der Waals surface area contributed by atoms with E-state index in [0.717, 1.165) is 19.6 Å². The maximum atomic E-state index is 12.1. The van der Waals surface area contributed by atoms with Crippen molar-refractivity contribution in [3.63, 3.8) is 0 Å². The van der Waals surface area contributed by atoms with Crippen LogP contribution in [-0.2, 0) is 4.74 Å². The lowest BCUT2D eigenvalue weighted by Gasteiger charge is -2.33. The van der Waals surface area contributed by atoms with E-state index in [9.17, 15) is 14.9 Å². The molecule has 2 rings (SSSR count). The Morgan fingerprint density at radius 1 is 1.50 bits per heavy atom. The van der Waals surface area contributed by atoms with Crippen LogP contribution < -0.4 is 15.4 Å². The second-order valence-electron chi connectivity index (χ2n) is 6.62. The molecule has 1 saturated heterocycles. The number of urea groups is 1. The van der Waals surface area contributed by atoms with Gasteiger partial charge in [-0.25, -0.2) is 4.79 Å². The van der Waals surface area contributed by atoms with Crippen LogP contribution in [0.25, 0.3) is 0 Å². The highest BCUT2D eigenvalue weighted by atomic mass is 16.6. The number of rotatable bonds is 7. The van der Waals surface area contributed by atoms with E-state index in [2.05, 4.69) is 29.4 Å². The summed E-state index contributed by atoms with van der Waals surface area (Å²) in [5.41, 5.74) is 0.117. The monoisotopic (exact) mass is 366 g/mol. The van der Waals surface area contributed by atoms with E-state index >= 15 is 0 Å². The van der Waals surface area contributed by atoms with Gasteiger partial charge in [0.25, 0.3) is 5.69 Å². The van der Waals surface area contributed by atoms with Crippen LogP contribution in [0.4, 0.5) is 16.2 Å². The number of nitrogens with one attached hydrogen (secondary N) is 2. The average Bonchev–Trinajstić information content (AvgIpc) is 2.59. The topological polar surface area (TPSA) is 106 Å². The standard InChI is InChI=1S/C17H26N4O5/c1-12(2)10-20-6-7-26-14(11-20)9-18-17(22)19-15-8-13(21(23)24)4-5-16(15)25-3/h4-5,8,12,14H,6-7,9-11H2,1-3H3,(H2,18,19,22). The molecule has 2 amide bonds. The van der Waals surface area contributed by atoms with Gasteiger partial charge in [0.1, 0.15) is 5.75 Å². The fourth-order valence-corrected chi connectivity index (χ4v) is 2.87. The molecule has 0 aromatic heterocycles. The van der Waals surface area contributed by atoms with Gasteiger partial charge in [0.05, 0.1) is 30.4 Å². The molecule has 0 saturated carbocycles. The molecule has 26 heavy (non-hydrogen) atoms. The van der Waals surface area contributed by atoms with E-state index in [1.807, 2.05) is 0 Å². The number of anilines is 1. The molecule has 1 aromatic carbocycles. The van der Waals surface area contributed by atoms with Gasteiger partial charge in [0.2, 0.25) is 0 Å². The van der Waals surface area contributed by atoms with Crippen molar-refractivity contribution in [1.29, 1.82) is 0 Å². The predicted octanol–water partition coefficient (Wildman–Crippen LogP) is 2.08. The number of ether oxygens (including phenoxy) is 2. The van der Waals surface area contributed by atoms with Gasteiger partial charge in [0.15, 0.2) is 0 Å². The Hall–Kier alpha value is -2.39. The summed E-state index contributed by atoms with van der Waals surface area (Å²) in [5, 5.41) is 16.2. The van der Waals surface area contributed by atoms with Gasteiger partial charge >= 0.3 is 6.03 Å². The first-order chi connectivity index (χ1) is 12.4. The summed E-state index contributed by atoms with van der Waals surface area (Å²) in [6.45, 7) is 7.99. The summed E-state index contributed by atoms with van der Waals surface area (Å²) >= 11 is 0. The molecule has 9 heteroatoms. The first-order valence-corrected chi connectivity index (χ1v) is 8.60. The van der Waals surface area contributed by atoms with Crippen LogP contribution in [0.15, 0.2) is 18.2 Å². The van der Waals surface area contributed by atoms with Crippen molar-refractivity contribution in [2.24, 2.45) is 5.92 Å². The highest BCUT2D eigenvalue weighted by Gasteiger charge is 2.21. The Balaban J connectivity index is 1.88. The first-order valence-electron chi connectivity index (χ1n) is 8.60. The maximum Gasteiger partial charge on any atom is 0.319 e. The van der Waals surface area contributed by atoms with Crippen LogP contribution in [0.5, 0.6) is 5.75 Å². The van der Waals surface area contributed by atoms with E-state index in [1.165, 1.54) is 25.3 Å². The van der Waals surface area contributed by atoms with Gasteiger partial charge in [-0.1, -0.05) is 13.8 Å². The average molecular weight is 366 g/mol. The molecule has 1 aromatic rings. The van der Waals surface area contributed by atoms with E-state index < -0.39 is 11.0 Å². The first kappa shape index (κ1) is 19.9. The minimum absolute atomic E-state index is 0.0831. The van der Waals surface area contributed by atoms with Crippen molar-refractivity contribution in [1.82, 2.24) is 10.2 Å². The Kier molecular flexibility index (Phi) is 7.16. The Labute approximate surface area is 152 Å². The number of methoxy groups -OCH3 is 1. The summed E-state index contributed by atoms with van der Waals surface area (Å²) in [6.07, 6.45) is -0.0831. The van der Waals surface area contributed by atoms with Gasteiger partial charge in [0, 0.05) is 38.3 Å². The predicted molar refractivity (Wildman–Crippen MR) is 97.7 cm³/mol. The molecule has 1 aliphatic heterocycles. The lowest BCUT2D eigenvalue weighted by Crippen LogP contribution is -2.48. The third-order valence-corrected chi connectivity index (χ3v) is 3.98. The fraction of sp³-hybridized carbons (Fsp3) is 0.588. The molecule has 1 unspecified atom stereocenters.